The molecule has 2 aromatic carbocycles. The van der Waals surface area contributed by atoms with Gasteiger partial charge < -0.3 is 10.2 Å². The highest BCUT2D eigenvalue weighted by Crippen LogP contribution is 2.22. The topological polar surface area (TPSA) is 65.5 Å². The summed E-state index contributed by atoms with van der Waals surface area (Å²) in [5, 5.41) is 2.85. The summed E-state index contributed by atoms with van der Waals surface area (Å²) in [7, 11) is 0. The molecule has 152 valence electrons. The second-order valence-electron chi connectivity index (χ2n) is 6.82. The first-order valence-corrected chi connectivity index (χ1v) is 9.72. The van der Waals surface area contributed by atoms with Gasteiger partial charge in [0, 0.05) is 24.7 Å². The molecule has 3 aromatic rings. The lowest BCUT2D eigenvalue weighted by Gasteiger charge is -2.18. The Morgan fingerprint density at radius 1 is 1.10 bits per heavy atom. The molecule has 0 unspecified atom stereocenters. The van der Waals surface area contributed by atoms with E-state index >= 15 is 0 Å². The summed E-state index contributed by atoms with van der Waals surface area (Å²) in [6.07, 6.45) is 1.43. The van der Waals surface area contributed by atoms with E-state index in [0.717, 1.165) is 11.6 Å². The van der Waals surface area contributed by atoms with Gasteiger partial charge in [-0.3, -0.25) is 9.69 Å². The normalized spacial score (nSPS) is 13.6. The molecule has 8 heteroatoms. The van der Waals surface area contributed by atoms with Crippen molar-refractivity contribution in [3.05, 3.63) is 88.8 Å². The Hall–Kier alpha value is -3.45. The Balaban J connectivity index is 1.42. The van der Waals surface area contributed by atoms with E-state index in [1.807, 2.05) is 30.3 Å². The van der Waals surface area contributed by atoms with E-state index < -0.39 is 11.7 Å². The fourth-order valence-corrected chi connectivity index (χ4v) is 3.41. The van der Waals surface area contributed by atoms with Crippen molar-refractivity contribution < 1.29 is 14.0 Å². The van der Waals surface area contributed by atoms with Gasteiger partial charge in [0.05, 0.1) is 17.4 Å². The van der Waals surface area contributed by atoms with Gasteiger partial charge in [0.1, 0.15) is 11.6 Å². The summed E-state index contributed by atoms with van der Waals surface area (Å²) in [5.41, 5.74) is 1.29. The molecule has 1 aromatic heterocycles. The van der Waals surface area contributed by atoms with Crippen molar-refractivity contribution in [1.29, 1.82) is 0 Å². The number of rotatable bonds is 5. The van der Waals surface area contributed by atoms with Crippen molar-refractivity contribution >= 4 is 35.0 Å². The largest absolute Gasteiger partial charge is 0.326 e. The zero-order valence-corrected chi connectivity index (χ0v) is 16.6. The zero-order chi connectivity index (χ0) is 21.1. The monoisotopic (exact) mass is 424 g/mol. The van der Waals surface area contributed by atoms with Crippen LogP contribution < -0.4 is 10.2 Å². The van der Waals surface area contributed by atoms with E-state index in [0.29, 0.717) is 31.1 Å². The first-order valence-electron chi connectivity index (χ1n) is 9.34. The smallest absolute Gasteiger partial charge is 0.320 e. The Bertz CT molecular complexity index is 1080. The molecule has 4 rings (SSSR count). The van der Waals surface area contributed by atoms with Crippen molar-refractivity contribution in [2.75, 3.05) is 23.3 Å². The zero-order valence-electron chi connectivity index (χ0n) is 15.9. The summed E-state index contributed by atoms with van der Waals surface area (Å²) in [6, 6.07) is 16.7. The Labute approximate surface area is 177 Å². The third kappa shape index (κ3) is 4.26. The maximum absolute atomic E-state index is 13.8. The first kappa shape index (κ1) is 19.8. The molecule has 0 aliphatic carbocycles. The van der Waals surface area contributed by atoms with Crippen molar-refractivity contribution in [3.63, 3.8) is 0 Å². The number of urea groups is 1. The standard InChI is InChI=1S/C22H18ClFN4O2/c23-16-6-8-19(24)18(12-16)21(29)26-17-7-9-20(25-13-17)28-11-10-27(22(28)30)14-15-4-2-1-3-5-15/h1-9,12-13H,10-11,14H2,(H,26,29). The van der Waals surface area contributed by atoms with Gasteiger partial charge >= 0.3 is 6.03 Å². The van der Waals surface area contributed by atoms with E-state index in [2.05, 4.69) is 10.3 Å². The lowest BCUT2D eigenvalue weighted by molar-refractivity contribution is 0.102. The summed E-state index contributed by atoms with van der Waals surface area (Å²) < 4.78 is 13.8. The molecule has 0 atom stereocenters. The SMILES string of the molecule is O=C(Nc1ccc(N2CCN(Cc3ccccc3)C2=O)nc1)c1cc(Cl)ccc1F. The van der Waals surface area contributed by atoms with E-state index in [-0.39, 0.29) is 16.6 Å². The number of anilines is 2. The predicted octanol–water partition coefficient (Wildman–Crippen LogP) is 4.57. The van der Waals surface area contributed by atoms with Crippen LogP contribution in [0.2, 0.25) is 5.02 Å². The fourth-order valence-electron chi connectivity index (χ4n) is 3.24. The van der Waals surface area contributed by atoms with Gasteiger partial charge in [0.25, 0.3) is 5.91 Å². The molecular weight excluding hydrogens is 407 g/mol. The van der Waals surface area contributed by atoms with Crippen LogP contribution in [-0.4, -0.2) is 34.9 Å². The van der Waals surface area contributed by atoms with Crippen LogP contribution in [0.15, 0.2) is 66.9 Å². The fraction of sp³-hybridized carbons (Fsp3) is 0.136. The quantitative estimate of drug-likeness (QED) is 0.652. The van der Waals surface area contributed by atoms with Crippen molar-refractivity contribution in [2.45, 2.75) is 6.54 Å². The number of hydrogen-bond donors (Lipinski definition) is 1. The van der Waals surface area contributed by atoms with E-state index in [1.54, 1.807) is 21.9 Å². The lowest BCUT2D eigenvalue weighted by atomic mass is 10.2. The number of aromatic nitrogens is 1. The van der Waals surface area contributed by atoms with Crippen molar-refractivity contribution in [2.24, 2.45) is 0 Å². The molecule has 0 saturated carbocycles. The summed E-state index contributed by atoms with van der Waals surface area (Å²) in [4.78, 5) is 32.6. The Kier molecular flexibility index (Phi) is 5.63. The predicted molar refractivity (Wildman–Crippen MR) is 113 cm³/mol. The highest BCUT2D eigenvalue weighted by Gasteiger charge is 2.30. The lowest BCUT2D eigenvalue weighted by Crippen LogP contribution is -2.31. The first-order chi connectivity index (χ1) is 14.5. The number of nitrogens with one attached hydrogen (secondary N) is 1. The number of halogens is 2. The van der Waals surface area contributed by atoms with Crippen LogP contribution in [0.5, 0.6) is 0 Å². The Morgan fingerprint density at radius 2 is 1.90 bits per heavy atom. The van der Waals surface area contributed by atoms with Crippen molar-refractivity contribution in [1.82, 2.24) is 9.88 Å². The number of carbonyl (C=O) groups is 2. The molecule has 1 N–H and O–H groups in total. The Morgan fingerprint density at radius 3 is 2.63 bits per heavy atom. The molecule has 1 aliphatic rings. The third-order valence-corrected chi connectivity index (χ3v) is 5.00. The number of benzene rings is 2. The van der Waals surface area contributed by atoms with Gasteiger partial charge in [-0.05, 0) is 35.9 Å². The summed E-state index contributed by atoms with van der Waals surface area (Å²) in [6.45, 7) is 1.66. The highest BCUT2D eigenvalue weighted by molar-refractivity contribution is 6.31. The number of hydrogen-bond acceptors (Lipinski definition) is 3. The van der Waals surface area contributed by atoms with Crippen LogP contribution in [0.1, 0.15) is 15.9 Å². The van der Waals surface area contributed by atoms with E-state index in [9.17, 15) is 14.0 Å². The van der Waals surface area contributed by atoms with Gasteiger partial charge in [-0.1, -0.05) is 41.9 Å². The van der Waals surface area contributed by atoms with Gasteiger partial charge in [-0.25, -0.2) is 14.2 Å². The van der Waals surface area contributed by atoms with Crippen LogP contribution in [0.4, 0.5) is 20.7 Å². The average Bonchev–Trinajstić information content (AvgIpc) is 3.11. The average molecular weight is 425 g/mol. The molecule has 2 heterocycles. The number of nitrogens with zero attached hydrogens (tertiary/aromatic N) is 3. The van der Waals surface area contributed by atoms with E-state index in [4.69, 9.17) is 11.6 Å². The summed E-state index contributed by atoms with van der Waals surface area (Å²) in [5.74, 6) is -0.805. The molecule has 0 radical (unpaired) electrons. The number of amides is 3. The van der Waals surface area contributed by atoms with Crippen LogP contribution in [0.3, 0.4) is 0 Å². The molecule has 1 fully saturated rings. The maximum Gasteiger partial charge on any atom is 0.326 e. The number of carbonyl (C=O) groups excluding carboxylic acids is 2. The molecular formula is C22H18ClFN4O2. The van der Waals surface area contributed by atoms with Gasteiger partial charge in [-0.15, -0.1) is 0 Å². The van der Waals surface area contributed by atoms with Gasteiger partial charge in [0.15, 0.2) is 0 Å². The molecule has 0 spiro atoms. The van der Waals surface area contributed by atoms with E-state index in [1.165, 1.54) is 18.3 Å². The minimum Gasteiger partial charge on any atom is -0.320 e. The minimum absolute atomic E-state index is 0.121. The van der Waals surface area contributed by atoms with Crippen LogP contribution in [0.25, 0.3) is 0 Å². The second kappa shape index (κ2) is 8.51. The van der Waals surface area contributed by atoms with Gasteiger partial charge in [-0.2, -0.15) is 0 Å². The molecule has 1 saturated heterocycles. The molecule has 3 amide bonds. The molecule has 1 aliphatic heterocycles. The highest BCUT2D eigenvalue weighted by atomic mass is 35.5. The van der Waals surface area contributed by atoms with Crippen LogP contribution in [-0.2, 0) is 6.54 Å². The molecule has 0 bridgehead atoms. The van der Waals surface area contributed by atoms with Crippen molar-refractivity contribution in [3.8, 4) is 0 Å². The third-order valence-electron chi connectivity index (χ3n) is 4.77. The van der Waals surface area contributed by atoms with Crippen LogP contribution in [0, 0.1) is 5.82 Å². The second-order valence-corrected chi connectivity index (χ2v) is 7.26. The maximum atomic E-state index is 13.8. The van der Waals surface area contributed by atoms with Gasteiger partial charge in [0.2, 0.25) is 0 Å². The number of pyridine rings is 1. The minimum atomic E-state index is -0.664. The van der Waals surface area contributed by atoms with Crippen LogP contribution >= 0.6 is 11.6 Å². The summed E-state index contributed by atoms with van der Waals surface area (Å²) >= 11 is 5.83. The molecule has 6 nitrogen and oxygen atoms in total. The molecule has 30 heavy (non-hydrogen) atoms.